The second-order valence-electron chi connectivity index (χ2n) is 4.84. The van der Waals surface area contributed by atoms with Gasteiger partial charge in [-0.05, 0) is 43.0 Å². The Morgan fingerprint density at radius 2 is 2.19 bits per heavy atom. The van der Waals surface area contributed by atoms with Crippen molar-refractivity contribution in [2.24, 2.45) is 5.73 Å². The number of carbonyl (C=O) groups excluding carboxylic acids is 1. The molecule has 0 saturated heterocycles. The topological polar surface area (TPSA) is 85.3 Å². The first kappa shape index (κ1) is 15.6. The van der Waals surface area contributed by atoms with Crippen LogP contribution >= 0.6 is 11.8 Å². The SMILES string of the molecule is CSCC[C@@H](N)C(=O)Nc1ccc2c(C)cc(=O)oc2c1. The molecule has 5 nitrogen and oxygen atoms in total. The summed E-state index contributed by atoms with van der Waals surface area (Å²) >= 11 is 1.65. The molecule has 0 radical (unpaired) electrons. The van der Waals surface area contributed by atoms with E-state index in [4.69, 9.17) is 10.2 Å². The molecule has 0 fully saturated rings. The van der Waals surface area contributed by atoms with Gasteiger partial charge in [0.1, 0.15) is 5.58 Å². The third-order valence-corrected chi connectivity index (χ3v) is 3.83. The van der Waals surface area contributed by atoms with Crippen LogP contribution in [0.2, 0.25) is 0 Å². The molecule has 21 heavy (non-hydrogen) atoms. The van der Waals surface area contributed by atoms with E-state index in [1.807, 2.05) is 19.2 Å². The maximum atomic E-state index is 12.0. The summed E-state index contributed by atoms with van der Waals surface area (Å²) in [6, 6.07) is 6.13. The molecule has 112 valence electrons. The number of fused-ring (bicyclic) bond motifs is 1. The van der Waals surface area contributed by atoms with E-state index in [1.54, 1.807) is 23.9 Å². The molecule has 2 rings (SSSR count). The highest BCUT2D eigenvalue weighted by Gasteiger charge is 2.13. The van der Waals surface area contributed by atoms with Crippen molar-refractivity contribution in [3.05, 3.63) is 40.2 Å². The zero-order valence-corrected chi connectivity index (χ0v) is 12.8. The molecule has 0 saturated carbocycles. The van der Waals surface area contributed by atoms with Gasteiger partial charge in [0.05, 0.1) is 6.04 Å². The number of amides is 1. The summed E-state index contributed by atoms with van der Waals surface area (Å²) in [4.78, 5) is 23.3. The van der Waals surface area contributed by atoms with Gasteiger partial charge in [0, 0.05) is 23.2 Å². The fraction of sp³-hybridized carbons (Fsp3) is 0.333. The number of hydrogen-bond donors (Lipinski definition) is 2. The molecular formula is C15H18N2O3S. The first-order chi connectivity index (χ1) is 10.0. The maximum Gasteiger partial charge on any atom is 0.336 e. The number of benzene rings is 1. The smallest absolute Gasteiger partial charge is 0.336 e. The predicted octanol–water partition coefficient (Wildman–Crippen LogP) is 2.12. The van der Waals surface area contributed by atoms with Gasteiger partial charge in [-0.1, -0.05) is 0 Å². The predicted molar refractivity (Wildman–Crippen MR) is 86.8 cm³/mol. The summed E-state index contributed by atoms with van der Waals surface area (Å²) < 4.78 is 5.15. The van der Waals surface area contributed by atoms with E-state index in [2.05, 4.69) is 5.32 Å². The molecule has 0 aliphatic heterocycles. The number of anilines is 1. The number of aryl methyl sites for hydroxylation is 1. The van der Waals surface area contributed by atoms with Crippen molar-refractivity contribution in [2.75, 3.05) is 17.3 Å². The standard InChI is InChI=1S/C15H18N2O3S/c1-9-7-14(18)20-13-8-10(3-4-11(9)13)17-15(19)12(16)5-6-21-2/h3-4,7-8,12H,5-6,16H2,1-2H3,(H,17,19)/t12-/m1/s1. The van der Waals surface area contributed by atoms with Crippen molar-refractivity contribution in [1.29, 1.82) is 0 Å². The highest BCUT2D eigenvalue weighted by atomic mass is 32.2. The van der Waals surface area contributed by atoms with Crippen molar-refractivity contribution in [2.45, 2.75) is 19.4 Å². The fourth-order valence-electron chi connectivity index (χ4n) is 2.01. The Labute approximate surface area is 126 Å². The fourth-order valence-corrected chi connectivity index (χ4v) is 2.50. The summed E-state index contributed by atoms with van der Waals surface area (Å²) in [7, 11) is 0. The lowest BCUT2D eigenvalue weighted by Gasteiger charge is -2.12. The molecule has 0 aliphatic rings. The molecule has 3 N–H and O–H groups in total. The monoisotopic (exact) mass is 306 g/mol. The van der Waals surface area contributed by atoms with Crippen LogP contribution in [0.4, 0.5) is 5.69 Å². The lowest BCUT2D eigenvalue weighted by molar-refractivity contribution is -0.117. The minimum absolute atomic E-state index is 0.238. The van der Waals surface area contributed by atoms with Crippen molar-refractivity contribution in [3.63, 3.8) is 0 Å². The molecule has 0 unspecified atom stereocenters. The number of thioether (sulfide) groups is 1. The molecule has 2 aromatic rings. The number of rotatable bonds is 5. The van der Waals surface area contributed by atoms with Crippen LogP contribution in [0.25, 0.3) is 11.0 Å². The Morgan fingerprint density at radius 1 is 1.43 bits per heavy atom. The molecule has 1 aromatic heterocycles. The van der Waals surface area contributed by atoms with Crippen molar-refractivity contribution >= 4 is 34.3 Å². The van der Waals surface area contributed by atoms with E-state index in [9.17, 15) is 9.59 Å². The second-order valence-corrected chi connectivity index (χ2v) is 5.82. The van der Waals surface area contributed by atoms with Crippen LogP contribution < -0.4 is 16.7 Å². The molecule has 1 amide bonds. The molecule has 1 heterocycles. The van der Waals surface area contributed by atoms with Crippen molar-refractivity contribution < 1.29 is 9.21 Å². The molecule has 0 bridgehead atoms. The van der Waals surface area contributed by atoms with Gasteiger partial charge >= 0.3 is 5.63 Å². The Hall–Kier alpha value is -1.79. The summed E-state index contributed by atoms with van der Waals surface area (Å²) in [5.41, 5.74) is 7.28. The van der Waals surface area contributed by atoms with E-state index in [1.165, 1.54) is 6.07 Å². The van der Waals surface area contributed by atoms with Crippen LogP contribution in [0.5, 0.6) is 0 Å². The third-order valence-electron chi connectivity index (χ3n) is 3.19. The number of nitrogens with one attached hydrogen (secondary N) is 1. The van der Waals surface area contributed by atoms with E-state index in [-0.39, 0.29) is 5.91 Å². The maximum absolute atomic E-state index is 12.0. The van der Waals surface area contributed by atoms with Crippen LogP contribution in [-0.4, -0.2) is 24.0 Å². The molecule has 1 aromatic carbocycles. The second kappa shape index (κ2) is 6.78. The summed E-state index contributed by atoms with van der Waals surface area (Å²) in [6.07, 6.45) is 2.59. The minimum atomic E-state index is -0.544. The summed E-state index contributed by atoms with van der Waals surface area (Å²) in [5, 5.41) is 3.59. The number of hydrogen-bond acceptors (Lipinski definition) is 5. The van der Waals surface area contributed by atoms with Crippen LogP contribution in [0.1, 0.15) is 12.0 Å². The van der Waals surface area contributed by atoms with E-state index >= 15 is 0 Å². The molecule has 0 spiro atoms. The third kappa shape index (κ3) is 3.86. The van der Waals surface area contributed by atoms with Crippen LogP contribution in [-0.2, 0) is 4.79 Å². The first-order valence-electron chi connectivity index (χ1n) is 6.61. The Kier molecular flexibility index (Phi) is 5.03. The lowest BCUT2D eigenvalue weighted by Crippen LogP contribution is -2.36. The summed E-state index contributed by atoms with van der Waals surface area (Å²) in [5.74, 6) is 0.596. The Morgan fingerprint density at radius 3 is 2.90 bits per heavy atom. The van der Waals surface area contributed by atoms with Gasteiger partial charge in [0.25, 0.3) is 0 Å². The summed E-state index contributed by atoms with van der Waals surface area (Å²) in [6.45, 7) is 1.84. The van der Waals surface area contributed by atoms with E-state index < -0.39 is 11.7 Å². The first-order valence-corrected chi connectivity index (χ1v) is 8.00. The van der Waals surface area contributed by atoms with Crippen LogP contribution in [0, 0.1) is 6.92 Å². The average Bonchev–Trinajstić information content (AvgIpc) is 2.44. The largest absolute Gasteiger partial charge is 0.423 e. The number of carbonyl (C=O) groups is 1. The normalized spacial score (nSPS) is 12.3. The van der Waals surface area contributed by atoms with Gasteiger partial charge in [0.2, 0.25) is 5.91 Å². The highest BCUT2D eigenvalue weighted by molar-refractivity contribution is 7.98. The highest BCUT2D eigenvalue weighted by Crippen LogP contribution is 2.20. The van der Waals surface area contributed by atoms with Gasteiger partial charge in [-0.25, -0.2) is 4.79 Å². The number of nitrogens with two attached hydrogens (primary N) is 1. The zero-order valence-electron chi connectivity index (χ0n) is 12.0. The van der Waals surface area contributed by atoms with Crippen molar-refractivity contribution in [3.8, 4) is 0 Å². The average molecular weight is 306 g/mol. The van der Waals surface area contributed by atoms with Gasteiger partial charge in [-0.2, -0.15) is 11.8 Å². The molecular weight excluding hydrogens is 288 g/mol. The Balaban J connectivity index is 2.20. The molecule has 0 aliphatic carbocycles. The quantitative estimate of drug-likeness (QED) is 0.826. The lowest BCUT2D eigenvalue weighted by atomic mass is 10.1. The van der Waals surface area contributed by atoms with Crippen LogP contribution in [0.3, 0.4) is 0 Å². The minimum Gasteiger partial charge on any atom is -0.423 e. The van der Waals surface area contributed by atoms with Crippen molar-refractivity contribution in [1.82, 2.24) is 0 Å². The van der Waals surface area contributed by atoms with E-state index in [0.29, 0.717) is 17.7 Å². The van der Waals surface area contributed by atoms with E-state index in [0.717, 1.165) is 16.7 Å². The van der Waals surface area contributed by atoms with Gasteiger partial charge in [-0.15, -0.1) is 0 Å². The molecule has 1 atom stereocenters. The zero-order chi connectivity index (χ0) is 15.4. The molecule has 6 heteroatoms. The van der Waals surface area contributed by atoms with Gasteiger partial charge in [-0.3, -0.25) is 4.79 Å². The Bertz CT molecular complexity index is 712. The van der Waals surface area contributed by atoms with Gasteiger partial charge < -0.3 is 15.5 Å². The van der Waals surface area contributed by atoms with Gasteiger partial charge in [0.15, 0.2) is 0 Å². The van der Waals surface area contributed by atoms with Crippen LogP contribution in [0.15, 0.2) is 33.5 Å².